The minimum absolute atomic E-state index is 0.282. The molecule has 0 aromatic heterocycles. The Balaban J connectivity index is 2.19. The third-order valence-corrected chi connectivity index (χ3v) is 3.59. The molecule has 1 aromatic rings. The minimum atomic E-state index is -0.763. The van der Waals surface area contributed by atoms with Gasteiger partial charge in [0.15, 0.2) is 0 Å². The third kappa shape index (κ3) is 2.20. The van der Waals surface area contributed by atoms with Gasteiger partial charge >= 0.3 is 0 Å². The lowest BCUT2D eigenvalue weighted by Gasteiger charge is -2.36. The second-order valence-electron chi connectivity index (χ2n) is 4.81. The van der Waals surface area contributed by atoms with Gasteiger partial charge in [0.1, 0.15) is 0 Å². The largest absolute Gasteiger partial charge is 0.399 e. The smallest absolute Gasteiger partial charge is 0.0908 e. The summed E-state index contributed by atoms with van der Waals surface area (Å²) >= 11 is 0. The SMILES string of the molecule is CC(O)(c1ccc(N)cc1)C1CCCNC1. The lowest BCUT2D eigenvalue weighted by atomic mass is 9.79. The van der Waals surface area contributed by atoms with E-state index in [0.29, 0.717) is 0 Å². The number of aliphatic hydroxyl groups is 1. The molecule has 4 N–H and O–H groups in total. The van der Waals surface area contributed by atoms with Crippen molar-refractivity contribution in [3.8, 4) is 0 Å². The van der Waals surface area contributed by atoms with Gasteiger partial charge in [-0.2, -0.15) is 0 Å². The van der Waals surface area contributed by atoms with Gasteiger partial charge in [-0.15, -0.1) is 0 Å². The zero-order valence-electron chi connectivity index (χ0n) is 9.74. The fourth-order valence-electron chi connectivity index (χ4n) is 2.39. The lowest BCUT2D eigenvalue weighted by Crippen LogP contribution is -2.42. The highest BCUT2D eigenvalue weighted by Crippen LogP contribution is 2.33. The molecular formula is C13H20N2O. The maximum atomic E-state index is 10.6. The first-order valence-corrected chi connectivity index (χ1v) is 5.90. The Morgan fingerprint density at radius 3 is 2.62 bits per heavy atom. The van der Waals surface area contributed by atoms with Gasteiger partial charge < -0.3 is 16.2 Å². The van der Waals surface area contributed by atoms with Gasteiger partial charge in [-0.3, -0.25) is 0 Å². The molecule has 0 radical (unpaired) electrons. The predicted molar refractivity (Wildman–Crippen MR) is 66.0 cm³/mol. The van der Waals surface area contributed by atoms with E-state index in [4.69, 9.17) is 5.73 Å². The van der Waals surface area contributed by atoms with Crippen LogP contribution < -0.4 is 11.1 Å². The number of rotatable bonds is 2. The van der Waals surface area contributed by atoms with E-state index in [9.17, 15) is 5.11 Å². The molecule has 1 fully saturated rings. The summed E-state index contributed by atoms with van der Waals surface area (Å²) in [5.41, 5.74) is 6.58. The summed E-state index contributed by atoms with van der Waals surface area (Å²) in [5.74, 6) is 0.282. The van der Waals surface area contributed by atoms with Gasteiger partial charge in [-0.05, 0) is 44.0 Å². The van der Waals surface area contributed by atoms with Crippen LogP contribution >= 0.6 is 0 Å². The van der Waals surface area contributed by atoms with Gasteiger partial charge in [0.25, 0.3) is 0 Å². The van der Waals surface area contributed by atoms with Crippen LogP contribution in [0.1, 0.15) is 25.3 Å². The highest BCUT2D eigenvalue weighted by atomic mass is 16.3. The Morgan fingerprint density at radius 2 is 2.06 bits per heavy atom. The van der Waals surface area contributed by atoms with Crippen molar-refractivity contribution < 1.29 is 5.11 Å². The molecule has 3 heteroatoms. The van der Waals surface area contributed by atoms with Gasteiger partial charge in [0.2, 0.25) is 0 Å². The molecule has 1 aliphatic rings. The number of nitrogen functional groups attached to an aromatic ring is 1. The van der Waals surface area contributed by atoms with Crippen LogP contribution in [-0.2, 0) is 5.60 Å². The third-order valence-electron chi connectivity index (χ3n) is 3.59. The quantitative estimate of drug-likeness (QED) is 0.662. The van der Waals surface area contributed by atoms with Crippen LogP contribution in [0.3, 0.4) is 0 Å². The average Bonchev–Trinajstić information content (AvgIpc) is 2.31. The number of anilines is 1. The van der Waals surface area contributed by atoms with Crippen LogP contribution in [0, 0.1) is 5.92 Å². The predicted octanol–water partition coefficient (Wildman–Crippen LogP) is 1.48. The van der Waals surface area contributed by atoms with Crippen molar-refractivity contribution in [2.24, 2.45) is 5.92 Å². The van der Waals surface area contributed by atoms with Gasteiger partial charge in [-0.25, -0.2) is 0 Å². The van der Waals surface area contributed by atoms with Crippen molar-refractivity contribution in [2.45, 2.75) is 25.4 Å². The second-order valence-corrected chi connectivity index (χ2v) is 4.81. The maximum Gasteiger partial charge on any atom is 0.0908 e. The Bertz CT molecular complexity index is 339. The molecule has 2 unspecified atom stereocenters. The van der Waals surface area contributed by atoms with Crippen molar-refractivity contribution in [1.82, 2.24) is 5.32 Å². The first-order valence-electron chi connectivity index (χ1n) is 5.90. The Labute approximate surface area is 96.7 Å². The van der Waals surface area contributed by atoms with Crippen molar-refractivity contribution in [1.29, 1.82) is 0 Å². The molecule has 3 nitrogen and oxygen atoms in total. The molecule has 88 valence electrons. The van der Waals surface area contributed by atoms with E-state index >= 15 is 0 Å². The Morgan fingerprint density at radius 1 is 1.38 bits per heavy atom. The molecule has 0 saturated carbocycles. The second kappa shape index (κ2) is 4.44. The van der Waals surface area contributed by atoms with Crippen LogP contribution in [0.4, 0.5) is 5.69 Å². The normalized spacial score (nSPS) is 25.0. The summed E-state index contributed by atoms with van der Waals surface area (Å²) in [6.07, 6.45) is 2.21. The molecule has 2 atom stereocenters. The van der Waals surface area contributed by atoms with Crippen LogP contribution in [0.25, 0.3) is 0 Å². The topological polar surface area (TPSA) is 58.3 Å². The molecule has 1 heterocycles. The van der Waals surface area contributed by atoms with Crippen molar-refractivity contribution in [3.05, 3.63) is 29.8 Å². The van der Waals surface area contributed by atoms with Crippen molar-refractivity contribution in [2.75, 3.05) is 18.8 Å². The molecule has 1 aliphatic heterocycles. The number of nitrogens with two attached hydrogens (primary N) is 1. The Kier molecular flexibility index (Phi) is 3.17. The zero-order valence-corrected chi connectivity index (χ0v) is 9.74. The van der Waals surface area contributed by atoms with Crippen molar-refractivity contribution in [3.63, 3.8) is 0 Å². The first-order chi connectivity index (χ1) is 7.60. The Hall–Kier alpha value is -1.06. The van der Waals surface area contributed by atoms with Crippen molar-refractivity contribution >= 4 is 5.69 Å². The molecule has 2 rings (SSSR count). The zero-order chi connectivity index (χ0) is 11.6. The summed E-state index contributed by atoms with van der Waals surface area (Å²) < 4.78 is 0. The number of nitrogens with one attached hydrogen (secondary N) is 1. The number of benzene rings is 1. The first kappa shape index (κ1) is 11.4. The summed E-state index contributed by atoms with van der Waals surface area (Å²) in [6, 6.07) is 7.54. The van der Waals surface area contributed by atoms with Gasteiger partial charge in [0, 0.05) is 18.2 Å². The van der Waals surface area contributed by atoms with E-state index in [-0.39, 0.29) is 5.92 Å². The van der Waals surface area contributed by atoms with E-state index in [1.165, 1.54) is 0 Å². The van der Waals surface area contributed by atoms with Crippen LogP contribution in [0.5, 0.6) is 0 Å². The van der Waals surface area contributed by atoms with Crippen LogP contribution in [0.15, 0.2) is 24.3 Å². The van der Waals surface area contributed by atoms with Gasteiger partial charge in [0.05, 0.1) is 5.60 Å². The van der Waals surface area contributed by atoms with Crippen LogP contribution in [-0.4, -0.2) is 18.2 Å². The molecule has 16 heavy (non-hydrogen) atoms. The summed E-state index contributed by atoms with van der Waals surface area (Å²) in [4.78, 5) is 0. The summed E-state index contributed by atoms with van der Waals surface area (Å²) in [5, 5.41) is 14.0. The van der Waals surface area contributed by atoms with E-state index in [1.807, 2.05) is 31.2 Å². The molecule has 0 bridgehead atoms. The standard InChI is InChI=1S/C13H20N2O/c1-13(16,11-3-2-8-15-9-11)10-4-6-12(14)7-5-10/h4-7,11,15-16H,2-3,8-9,14H2,1H3. The summed E-state index contributed by atoms with van der Waals surface area (Å²) in [6.45, 7) is 3.85. The van der Waals surface area contributed by atoms with Crippen LogP contribution in [0.2, 0.25) is 0 Å². The highest BCUT2D eigenvalue weighted by Gasteiger charge is 2.34. The fourth-order valence-corrected chi connectivity index (χ4v) is 2.39. The van der Waals surface area contributed by atoms with E-state index in [0.717, 1.165) is 37.2 Å². The molecule has 1 aromatic carbocycles. The average molecular weight is 220 g/mol. The summed E-state index contributed by atoms with van der Waals surface area (Å²) in [7, 11) is 0. The number of hydrogen-bond acceptors (Lipinski definition) is 3. The van der Waals surface area contributed by atoms with E-state index in [2.05, 4.69) is 5.32 Å². The maximum absolute atomic E-state index is 10.6. The highest BCUT2D eigenvalue weighted by molar-refractivity contribution is 5.41. The molecule has 0 spiro atoms. The molecular weight excluding hydrogens is 200 g/mol. The number of hydrogen-bond donors (Lipinski definition) is 3. The molecule has 0 aliphatic carbocycles. The fraction of sp³-hybridized carbons (Fsp3) is 0.538. The minimum Gasteiger partial charge on any atom is -0.399 e. The monoisotopic (exact) mass is 220 g/mol. The lowest BCUT2D eigenvalue weighted by molar-refractivity contribution is -0.0156. The number of piperidine rings is 1. The van der Waals surface area contributed by atoms with E-state index in [1.54, 1.807) is 0 Å². The van der Waals surface area contributed by atoms with Gasteiger partial charge in [-0.1, -0.05) is 12.1 Å². The molecule has 1 saturated heterocycles. The molecule has 0 amide bonds. The van der Waals surface area contributed by atoms with E-state index < -0.39 is 5.60 Å².